The van der Waals surface area contributed by atoms with Crippen LogP contribution in [-0.4, -0.2) is 25.3 Å². The molecule has 0 spiro atoms. The third-order valence-corrected chi connectivity index (χ3v) is 4.58. The van der Waals surface area contributed by atoms with Gasteiger partial charge in [-0.1, -0.05) is 6.92 Å². The molecule has 0 aliphatic carbocycles. The molecule has 0 radical (unpaired) electrons. The molecule has 1 saturated heterocycles. The van der Waals surface area contributed by atoms with Crippen molar-refractivity contribution in [2.24, 2.45) is 0 Å². The number of ether oxygens (including phenoxy) is 1. The lowest BCUT2D eigenvalue weighted by Gasteiger charge is -2.23. The molecule has 0 amide bonds. The van der Waals surface area contributed by atoms with Crippen molar-refractivity contribution in [3.05, 3.63) is 20.8 Å². The van der Waals surface area contributed by atoms with E-state index in [0.29, 0.717) is 12.1 Å². The van der Waals surface area contributed by atoms with Crippen LogP contribution >= 0.6 is 27.3 Å². The molecule has 2 heterocycles. The van der Waals surface area contributed by atoms with Crippen molar-refractivity contribution in [2.75, 3.05) is 13.2 Å². The number of halogens is 1. The van der Waals surface area contributed by atoms with Gasteiger partial charge >= 0.3 is 0 Å². The molecule has 1 aromatic rings. The van der Waals surface area contributed by atoms with Crippen LogP contribution in [0.15, 0.2) is 15.9 Å². The Morgan fingerprint density at radius 2 is 2.50 bits per heavy atom. The van der Waals surface area contributed by atoms with Crippen LogP contribution in [0.2, 0.25) is 0 Å². The average molecular weight is 304 g/mol. The zero-order chi connectivity index (χ0) is 11.4. The van der Waals surface area contributed by atoms with Crippen LogP contribution in [-0.2, 0) is 11.2 Å². The first-order valence-corrected chi connectivity index (χ1v) is 7.49. The van der Waals surface area contributed by atoms with E-state index in [9.17, 15) is 0 Å². The van der Waals surface area contributed by atoms with Crippen molar-refractivity contribution >= 4 is 27.3 Å². The predicted molar refractivity (Wildman–Crippen MR) is 72.2 cm³/mol. The first-order chi connectivity index (χ1) is 7.79. The van der Waals surface area contributed by atoms with Crippen LogP contribution in [0.25, 0.3) is 0 Å². The standard InChI is InChI=1S/C12H18BrNOS/c1-2-14-10(11-4-3-7-15-11)8-9-5-6-12(13)16-9/h5-6,10-11,14H,2-4,7-8H2,1H3. The van der Waals surface area contributed by atoms with Gasteiger partial charge in [0.2, 0.25) is 0 Å². The van der Waals surface area contributed by atoms with Crippen LogP contribution < -0.4 is 5.32 Å². The van der Waals surface area contributed by atoms with Crippen LogP contribution in [0.5, 0.6) is 0 Å². The van der Waals surface area contributed by atoms with Gasteiger partial charge in [0.05, 0.1) is 9.89 Å². The quantitative estimate of drug-likeness (QED) is 0.902. The van der Waals surface area contributed by atoms with Crippen molar-refractivity contribution in [3.8, 4) is 0 Å². The lowest BCUT2D eigenvalue weighted by atomic mass is 10.0. The number of likely N-dealkylation sites (N-methyl/N-ethyl adjacent to an activating group) is 1. The summed E-state index contributed by atoms with van der Waals surface area (Å²) in [6, 6.07) is 4.80. The average Bonchev–Trinajstić information content (AvgIpc) is 2.88. The van der Waals surface area contributed by atoms with Gasteiger partial charge in [0.1, 0.15) is 0 Å². The Hall–Kier alpha value is 0.1000. The van der Waals surface area contributed by atoms with Crippen molar-refractivity contribution < 1.29 is 4.74 Å². The Kier molecular flexibility index (Phi) is 4.82. The second-order valence-electron chi connectivity index (χ2n) is 4.13. The SMILES string of the molecule is CCNC(Cc1ccc(Br)s1)C1CCCO1. The monoisotopic (exact) mass is 303 g/mol. The summed E-state index contributed by atoms with van der Waals surface area (Å²) in [6.07, 6.45) is 3.89. The zero-order valence-electron chi connectivity index (χ0n) is 9.54. The van der Waals surface area contributed by atoms with Crippen LogP contribution in [0.1, 0.15) is 24.6 Å². The summed E-state index contributed by atoms with van der Waals surface area (Å²) in [4.78, 5) is 1.42. The molecule has 2 unspecified atom stereocenters. The maximum Gasteiger partial charge on any atom is 0.0732 e. The summed E-state index contributed by atoms with van der Waals surface area (Å²) in [7, 11) is 0. The minimum atomic E-state index is 0.404. The predicted octanol–water partition coefficient (Wildman–Crippen LogP) is 3.21. The molecule has 0 aromatic carbocycles. The molecule has 1 aromatic heterocycles. The van der Waals surface area contributed by atoms with E-state index in [1.54, 1.807) is 0 Å². The van der Waals surface area contributed by atoms with E-state index >= 15 is 0 Å². The van der Waals surface area contributed by atoms with Gasteiger partial charge in [0.25, 0.3) is 0 Å². The number of hydrogen-bond acceptors (Lipinski definition) is 3. The van der Waals surface area contributed by atoms with E-state index < -0.39 is 0 Å². The summed E-state index contributed by atoms with van der Waals surface area (Å²) in [6.45, 7) is 4.10. The van der Waals surface area contributed by atoms with Gasteiger partial charge in [-0.2, -0.15) is 0 Å². The van der Waals surface area contributed by atoms with E-state index in [1.807, 2.05) is 11.3 Å². The van der Waals surface area contributed by atoms with E-state index in [4.69, 9.17) is 4.74 Å². The first kappa shape index (κ1) is 12.6. The van der Waals surface area contributed by atoms with E-state index in [0.717, 1.165) is 19.6 Å². The summed E-state index contributed by atoms with van der Waals surface area (Å²) >= 11 is 5.33. The zero-order valence-corrected chi connectivity index (χ0v) is 11.9. The van der Waals surface area contributed by atoms with Gasteiger partial charge < -0.3 is 10.1 Å². The molecule has 90 valence electrons. The number of rotatable bonds is 5. The lowest BCUT2D eigenvalue weighted by Crippen LogP contribution is -2.41. The third kappa shape index (κ3) is 3.29. The van der Waals surface area contributed by atoms with E-state index in [2.05, 4.69) is 40.3 Å². The molecule has 16 heavy (non-hydrogen) atoms. The Bertz CT molecular complexity index is 323. The van der Waals surface area contributed by atoms with Gasteiger partial charge in [0.15, 0.2) is 0 Å². The summed E-state index contributed by atoms with van der Waals surface area (Å²) in [5, 5.41) is 3.55. The molecule has 1 aliphatic heterocycles. The van der Waals surface area contributed by atoms with Crippen molar-refractivity contribution in [1.29, 1.82) is 0 Å². The van der Waals surface area contributed by atoms with Gasteiger partial charge in [0, 0.05) is 17.5 Å². The second kappa shape index (κ2) is 6.15. The molecule has 2 atom stereocenters. The Labute approximate surface area is 110 Å². The van der Waals surface area contributed by atoms with Crippen LogP contribution in [0.4, 0.5) is 0 Å². The van der Waals surface area contributed by atoms with Gasteiger partial charge in [-0.3, -0.25) is 0 Å². The maximum absolute atomic E-state index is 5.78. The summed E-state index contributed by atoms with van der Waals surface area (Å²) < 4.78 is 6.99. The van der Waals surface area contributed by atoms with E-state index in [-0.39, 0.29) is 0 Å². The lowest BCUT2D eigenvalue weighted by molar-refractivity contribution is 0.0791. The number of hydrogen-bond donors (Lipinski definition) is 1. The number of nitrogens with one attached hydrogen (secondary N) is 1. The fourth-order valence-corrected chi connectivity index (χ4v) is 3.74. The Morgan fingerprint density at radius 3 is 3.06 bits per heavy atom. The van der Waals surface area contributed by atoms with E-state index in [1.165, 1.54) is 21.5 Å². The molecule has 0 saturated carbocycles. The van der Waals surface area contributed by atoms with Gasteiger partial charge in [-0.05, 0) is 53.9 Å². The fourth-order valence-electron chi connectivity index (χ4n) is 2.20. The Balaban J connectivity index is 1.96. The number of thiophene rings is 1. The van der Waals surface area contributed by atoms with Crippen LogP contribution in [0, 0.1) is 0 Å². The van der Waals surface area contributed by atoms with Crippen molar-refractivity contribution in [2.45, 2.75) is 38.3 Å². The molecule has 1 aliphatic rings. The molecule has 1 N–H and O–H groups in total. The van der Waals surface area contributed by atoms with Crippen molar-refractivity contribution in [1.82, 2.24) is 5.32 Å². The highest BCUT2D eigenvalue weighted by Gasteiger charge is 2.25. The summed E-state index contributed by atoms with van der Waals surface area (Å²) in [5.41, 5.74) is 0. The van der Waals surface area contributed by atoms with Gasteiger partial charge in [-0.25, -0.2) is 0 Å². The molecule has 1 fully saturated rings. The summed E-state index contributed by atoms with van der Waals surface area (Å²) in [5.74, 6) is 0. The third-order valence-electron chi connectivity index (χ3n) is 2.93. The first-order valence-electron chi connectivity index (χ1n) is 5.89. The highest BCUT2D eigenvalue weighted by molar-refractivity contribution is 9.11. The molecule has 0 bridgehead atoms. The maximum atomic E-state index is 5.78. The second-order valence-corrected chi connectivity index (χ2v) is 6.67. The topological polar surface area (TPSA) is 21.3 Å². The largest absolute Gasteiger partial charge is 0.377 e. The molecule has 4 heteroatoms. The smallest absolute Gasteiger partial charge is 0.0732 e. The van der Waals surface area contributed by atoms with Gasteiger partial charge in [-0.15, -0.1) is 11.3 Å². The van der Waals surface area contributed by atoms with Crippen LogP contribution in [0.3, 0.4) is 0 Å². The molecule has 2 rings (SSSR count). The Morgan fingerprint density at radius 1 is 1.62 bits per heavy atom. The highest BCUT2D eigenvalue weighted by atomic mass is 79.9. The minimum Gasteiger partial charge on any atom is -0.377 e. The fraction of sp³-hybridized carbons (Fsp3) is 0.667. The van der Waals surface area contributed by atoms with Crippen molar-refractivity contribution in [3.63, 3.8) is 0 Å². The molecular formula is C12H18BrNOS. The minimum absolute atomic E-state index is 0.404. The normalized spacial score (nSPS) is 22.5. The molecule has 2 nitrogen and oxygen atoms in total. The highest BCUT2D eigenvalue weighted by Crippen LogP contribution is 2.25. The molecular weight excluding hydrogens is 286 g/mol.